The molecule has 0 aliphatic heterocycles. The summed E-state index contributed by atoms with van der Waals surface area (Å²) in [5, 5.41) is 12.9. The van der Waals surface area contributed by atoms with Crippen molar-refractivity contribution >= 4 is 23.8 Å². The molecule has 4 saturated carbocycles. The number of ether oxygens (including phenoxy) is 2. The maximum Gasteiger partial charge on any atom is 0.519 e. The van der Waals surface area contributed by atoms with Gasteiger partial charge < -0.3 is 28.7 Å². The lowest BCUT2D eigenvalue weighted by Crippen LogP contribution is -2.68. The topological polar surface area (TPSA) is 162 Å². The molecule has 49 heavy (non-hydrogen) atoms. The smallest absolute Gasteiger partial charge is 0.481 e. The predicted octanol–water partition coefficient (Wildman–Crippen LogP) is 6.74. The van der Waals surface area contributed by atoms with Gasteiger partial charge in [-0.2, -0.15) is 0 Å². The van der Waals surface area contributed by atoms with Gasteiger partial charge in [0.2, 0.25) is 0 Å². The summed E-state index contributed by atoms with van der Waals surface area (Å²) in [5.74, 6) is -2.64. The molecule has 0 saturated heterocycles. The van der Waals surface area contributed by atoms with Gasteiger partial charge in [0.25, 0.3) is 0 Å². The number of alkyl carbamates (subject to hydrolysis) is 1. The number of rotatable bonds is 6. The van der Waals surface area contributed by atoms with Gasteiger partial charge >= 0.3 is 23.9 Å². The highest BCUT2D eigenvalue weighted by Crippen LogP contribution is 2.75. The Morgan fingerprint density at radius 1 is 0.959 bits per heavy atom. The van der Waals surface area contributed by atoms with Gasteiger partial charge in [-0.3, -0.25) is 14.4 Å². The minimum atomic E-state index is -1.31. The highest BCUT2D eigenvalue weighted by molar-refractivity contribution is 5.96. The van der Waals surface area contributed by atoms with Gasteiger partial charge in [-0.05, 0) is 125 Å². The van der Waals surface area contributed by atoms with Crippen molar-refractivity contribution in [2.45, 2.75) is 126 Å². The average Bonchev–Trinajstić information content (AvgIpc) is 3.35. The van der Waals surface area contributed by atoms with Crippen LogP contribution in [0, 0.1) is 57.2 Å². The molecule has 0 bridgehead atoms. The molecule has 5 aliphatic rings. The summed E-state index contributed by atoms with van der Waals surface area (Å²) in [4.78, 5) is 66.1. The minimum Gasteiger partial charge on any atom is -0.481 e. The van der Waals surface area contributed by atoms with Crippen LogP contribution in [-0.2, 0) is 30.5 Å². The van der Waals surface area contributed by atoms with E-state index < -0.39 is 57.5 Å². The van der Waals surface area contributed by atoms with Crippen LogP contribution in [-0.4, -0.2) is 41.6 Å². The maximum atomic E-state index is 14.8. The standard InChI is InChI=1S/C38H53NO10/c1-9-39-31(44)49-27-11-12-35(5)26(38(27,8)30(43)46-20-25-21(2)47-32(45)48-25)10-13-37(7)28(35)24(40)18-22-23-19-34(4,29(41)42)15-14-33(23,3)16-17-36(22,37)6/h18,23,26-28H,9-17,19-20H2,1-8H3,(H,39,44)(H,41,42)/t23-,26+,27-,28+,33+,34-,35-,36+,37+,38-/m0/s1. The monoisotopic (exact) mass is 683 g/mol. The summed E-state index contributed by atoms with van der Waals surface area (Å²) < 4.78 is 21.8. The van der Waals surface area contributed by atoms with Crippen molar-refractivity contribution in [2.75, 3.05) is 6.54 Å². The molecule has 270 valence electrons. The molecule has 0 aromatic carbocycles. The third-order valence-electron chi connectivity index (χ3n) is 14.9. The number of nitrogens with one attached hydrogen (secondary N) is 1. The molecule has 0 unspecified atom stereocenters. The van der Waals surface area contributed by atoms with Crippen LogP contribution in [0.5, 0.6) is 0 Å². The van der Waals surface area contributed by atoms with Gasteiger partial charge in [0.15, 0.2) is 23.9 Å². The van der Waals surface area contributed by atoms with Crippen LogP contribution < -0.4 is 11.1 Å². The Morgan fingerprint density at radius 2 is 1.65 bits per heavy atom. The van der Waals surface area contributed by atoms with Crippen molar-refractivity contribution in [1.29, 1.82) is 0 Å². The Labute approximate surface area is 287 Å². The predicted molar refractivity (Wildman–Crippen MR) is 177 cm³/mol. The fourth-order valence-corrected chi connectivity index (χ4v) is 11.6. The Kier molecular flexibility index (Phi) is 8.38. The molecule has 11 nitrogen and oxygen atoms in total. The van der Waals surface area contributed by atoms with Crippen LogP contribution in [0.2, 0.25) is 0 Å². The minimum absolute atomic E-state index is 0.00115. The number of amides is 1. The molecule has 0 spiro atoms. The Morgan fingerprint density at radius 3 is 2.29 bits per heavy atom. The molecule has 6 rings (SSSR count). The van der Waals surface area contributed by atoms with Crippen LogP contribution in [0.1, 0.15) is 118 Å². The maximum absolute atomic E-state index is 14.8. The van der Waals surface area contributed by atoms with E-state index in [1.165, 1.54) is 0 Å². The van der Waals surface area contributed by atoms with Gasteiger partial charge in [-0.1, -0.05) is 33.3 Å². The quantitative estimate of drug-likeness (QED) is 0.307. The molecular formula is C38H53NO10. The second-order valence-electron chi connectivity index (χ2n) is 17.3. The van der Waals surface area contributed by atoms with Crippen molar-refractivity contribution in [2.24, 2.45) is 50.2 Å². The summed E-state index contributed by atoms with van der Waals surface area (Å²) in [6.07, 6.45) is 6.51. The number of fused-ring (bicyclic) bond motifs is 7. The van der Waals surface area contributed by atoms with Gasteiger partial charge in [0, 0.05) is 12.5 Å². The molecule has 5 aliphatic carbocycles. The van der Waals surface area contributed by atoms with E-state index in [4.69, 9.17) is 18.3 Å². The van der Waals surface area contributed by atoms with Crippen molar-refractivity contribution in [3.05, 3.63) is 33.8 Å². The second kappa shape index (κ2) is 11.6. The first-order valence-electron chi connectivity index (χ1n) is 18.0. The number of hydrogen-bond donors (Lipinski definition) is 2. The van der Waals surface area contributed by atoms with E-state index in [1.54, 1.807) is 20.8 Å². The first-order valence-corrected chi connectivity index (χ1v) is 18.0. The molecule has 10 atom stereocenters. The molecule has 1 aromatic rings. The van der Waals surface area contributed by atoms with E-state index in [-0.39, 0.29) is 46.6 Å². The van der Waals surface area contributed by atoms with E-state index in [1.807, 2.05) is 13.0 Å². The molecule has 1 amide bonds. The first-order chi connectivity index (χ1) is 22.8. The molecule has 11 heteroatoms. The number of carbonyl (C=O) groups excluding carboxylic acids is 3. The zero-order chi connectivity index (χ0) is 35.9. The largest absolute Gasteiger partial charge is 0.519 e. The van der Waals surface area contributed by atoms with E-state index in [9.17, 15) is 29.1 Å². The van der Waals surface area contributed by atoms with Crippen molar-refractivity contribution < 1.29 is 42.6 Å². The number of esters is 1. The number of carboxylic acids is 1. The Balaban J connectivity index is 1.39. The SMILES string of the molecule is CCNC(=O)O[C@H]1CC[C@@]2(C)[C@@H](CC[C@]3(C)[C@@H]2C(=O)C=C2[C@@H]4C[C@@](C)(C(=O)O)CC[C@]4(C)CC[C@]23C)[C@]1(C)C(=O)OCc1oc(=O)oc1C. The van der Waals surface area contributed by atoms with Crippen molar-refractivity contribution in [3.8, 4) is 0 Å². The molecule has 4 fully saturated rings. The molecule has 1 aromatic heterocycles. The van der Waals surface area contributed by atoms with E-state index in [0.29, 0.717) is 45.1 Å². The zero-order valence-corrected chi connectivity index (χ0v) is 30.3. The molecule has 2 N–H and O–H groups in total. The summed E-state index contributed by atoms with van der Waals surface area (Å²) in [7, 11) is 0. The van der Waals surface area contributed by atoms with E-state index in [2.05, 4.69) is 33.0 Å². The average molecular weight is 684 g/mol. The van der Waals surface area contributed by atoms with Crippen molar-refractivity contribution in [3.63, 3.8) is 0 Å². The van der Waals surface area contributed by atoms with Crippen LogP contribution in [0.4, 0.5) is 4.79 Å². The second-order valence-corrected chi connectivity index (χ2v) is 17.3. The Hall–Kier alpha value is -3.37. The van der Waals surface area contributed by atoms with Crippen LogP contribution in [0.3, 0.4) is 0 Å². The van der Waals surface area contributed by atoms with Crippen LogP contribution in [0.15, 0.2) is 25.3 Å². The third kappa shape index (κ3) is 5.06. The third-order valence-corrected chi connectivity index (χ3v) is 14.9. The number of carboxylic acid groups (broad SMARTS) is 1. The number of aliphatic carboxylic acids is 1. The van der Waals surface area contributed by atoms with Gasteiger partial charge in [0.1, 0.15) is 11.5 Å². The fourth-order valence-electron chi connectivity index (χ4n) is 11.6. The highest BCUT2D eigenvalue weighted by Gasteiger charge is 2.72. The molecule has 0 radical (unpaired) electrons. The van der Waals surface area contributed by atoms with Gasteiger partial charge in [0.05, 0.1) is 5.41 Å². The first kappa shape index (κ1) is 35.5. The lowest BCUT2D eigenvalue weighted by molar-refractivity contribution is -0.218. The fraction of sp³-hybridized carbons (Fsp3) is 0.763. The van der Waals surface area contributed by atoms with Crippen LogP contribution >= 0.6 is 0 Å². The van der Waals surface area contributed by atoms with E-state index >= 15 is 0 Å². The lowest BCUT2D eigenvalue weighted by Gasteiger charge is -2.70. The molecular weight excluding hydrogens is 630 g/mol. The number of ketones is 1. The van der Waals surface area contributed by atoms with Gasteiger partial charge in [-0.15, -0.1) is 0 Å². The number of aryl methyl sites for hydroxylation is 1. The Bertz CT molecular complexity index is 1660. The van der Waals surface area contributed by atoms with Gasteiger partial charge in [-0.25, -0.2) is 9.59 Å². The summed E-state index contributed by atoms with van der Waals surface area (Å²) in [5.41, 5.74) is -2.49. The van der Waals surface area contributed by atoms with E-state index in [0.717, 1.165) is 24.8 Å². The van der Waals surface area contributed by atoms with Crippen LogP contribution in [0.25, 0.3) is 0 Å². The highest BCUT2D eigenvalue weighted by atomic mass is 16.6. The zero-order valence-electron chi connectivity index (χ0n) is 30.3. The molecule has 1 heterocycles. The summed E-state index contributed by atoms with van der Waals surface area (Å²) in [6, 6.07) is 0. The number of hydrogen-bond acceptors (Lipinski definition) is 9. The lowest BCUT2D eigenvalue weighted by atomic mass is 9.33. The number of allylic oxidation sites excluding steroid dienone is 2. The van der Waals surface area contributed by atoms with Crippen molar-refractivity contribution in [1.82, 2.24) is 5.32 Å². The number of carbonyl (C=O) groups is 4. The summed E-state index contributed by atoms with van der Waals surface area (Å²) in [6.45, 7) is 16.0. The normalized spacial score (nSPS) is 42.8. The summed E-state index contributed by atoms with van der Waals surface area (Å²) >= 11 is 0.